The van der Waals surface area contributed by atoms with Gasteiger partial charge in [-0.2, -0.15) is 0 Å². The van der Waals surface area contributed by atoms with Gasteiger partial charge in [0.15, 0.2) is 0 Å². The van der Waals surface area contributed by atoms with Gasteiger partial charge in [0.1, 0.15) is 17.2 Å². The second-order valence-electron chi connectivity index (χ2n) is 6.47. The maximum absolute atomic E-state index is 12.7. The van der Waals surface area contributed by atoms with Crippen molar-refractivity contribution >= 4 is 29.2 Å². The van der Waals surface area contributed by atoms with Crippen LogP contribution in [0.5, 0.6) is 0 Å². The van der Waals surface area contributed by atoms with Gasteiger partial charge in [-0.3, -0.25) is 14.9 Å². The number of hydrogen-bond donors (Lipinski definition) is 0. The van der Waals surface area contributed by atoms with Gasteiger partial charge in [0.25, 0.3) is 0 Å². The highest BCUT2D eigenvalue weighted by molar-refractivity contribution is 6.30. The fourth-order valence-corrected chi connectivity index (χ4v) is 3.28. The number of likely N-dealkylation sites (N-methyl/N-ethyl adjacent to an activating group) is 1. The van der Waals surface area contributed by atoms with Crippen molar-refractivity contribution in [1.29, 1.82) is 0 Å². The lowest BCUT2D eigenvalue weighted by Crippen LogP contribution is -2.48. The second kappa shape index (κ2) is 7.13. The van der Waals surface area contributed by atoms with E-state index in [1.165, 1.54) is 6.20 Å². The molecule has 0 saturated carbocycles. The van der Waals surface area contributed by atoms with Crippen molar-refractivity contribution < 1.29 is 9.53 Å². The van der Waals surface area contributed by atoms with Crippen molar-refractivity contribution in [2.45, 2.75) is 6.23 Å². The molecule has 2 aromatic heterocycles. The van der Waals surface area contributed by atoms with Crippen LogP contribution in [0.1, 0.15) is 17.6 Å². The third kappa shape index (κ3) is 3.33. The SMILES string of the molecule is C=C1c2nccnc2C(OC(=O)N2CCN(C)CC2)N1c1ccc(Cl)cn1. The minimum Gasteiger partial charge on any atom is -0.419 e. The van der Waals surface area contributed by atoms with Gasteiger partial charge >= 0.3 is 6.09 Å². The Labute approximate surface area is 162 Å². The van der Waals surface area contributed by atoms with Crippen molar-refractivity contribution in [2.75, 3.05) is 38.1 Å². The normalized spacial score (nSPS) is 19.9. The summed E-state index contributed by atoms with van der Waals surface area (Å²) < 4.78 is 5.84. The van der Waals surface area contributed by atoms with Gasteiger partial charge in [0, 0.05) is 44.8 Å². The molecule has 2 aliphatic heterocycles. The van der Waals surface area contributed by atoms with E-state index in [0.717, 1.165) is 13.1 Å². The molecule has 0 aliphatic carbocycles. The number of fused-ring (bicyclic) bond motifs is 1. The Bertz CT molecular complexity index is 866. The number of hydrogen-bond acceptors (Lipinski definition) is 7. The maximum atomic E-state index is 12.7. The number of carbonyl (C=O) groups is 1. The number of ether oxygens (including phenoxy) is 1. The first kappa shape index (κ1) is 17.7. The highest BCUT2D eigenvalue weighted by atomic mass is 35.5. The number of aromatic nitrogens is 3. The second-order valence-corrected chi connectivity index (χ2v) is 6.90. The molecule has 0 spiro atoms. The molecular formula is C18H19ClN6O2. The van der Waals surface area contributed by atoms with Crippen molar-refractivity contribution in [2.24, 2.45) is 0 Å². The van der Waals surface area contributed by atoms with E-state index in [0.29, 0.717) is 41.0 Å². The van der Waals surface area contributed by atoms with Gasteiger partial charge in [-0.05, 0) is 19.2 Å². The first-order valence-corrected chi connectivity index (χ1v) is 8.97. The van der Waals surface area contributed by atoms with Crippen molar-refractivity contribution in [1.82, 2.24) is 24.8 Å². The lowest BCUT2D eigenvalue weighted by molar-refractivity contribution is 0.0515. The van der Waals surface area contributed by atoms with Crippen molar-refractivity contribution in [3.63, 3.8) is 0 Å². The minimum absolute atomic E-state index is 0.390. The van der Waals surface area contributed by atoms with Crippen LogP contribution in [-0.4, -0.2) is 64.1 Å². The average molecular weight is 387 g/mol. The van der Waals surface area contributed by atoms with Crippen LogP contribution in [0.3, 0.4) is 0 Å². The summed E-state index contributed by atoms with van der Waals surface area (Å²) >= 11 is 5.95. The third-order valence-corrected chi connectivity index (χ3v) is 4.92. The number of rotatable bonds is 2. The van der Waals surface area contributed by atoms with E-state index in [9.17, 15) is 4.79 Å². The zero-order valence-electron chi connectivity index (χ0n) is 14.9. The summed E-state index contributed by atoms with van der Waals surface area (Å²) in [6.07, 6.45) is 3.53. The standard InChI is InChI=1S/C18H19ClN6O2/c1-12-15-16(21-6-5-20-15)17(25(12)14-4-3-13(19)11-22-14)27-18(26)24-9-7-23(2)8-10-24/h3-6,11,17H,1,7-10H2,2H3. The number of carbonyl (C=O) groups excluding carboxylic acids is 1. The smallest absolute Gasteiger partial charge is 0.412 e. The summed E-state index contributed by atoms with van der Waals surface area (Å²) in [4.78, 5) is 31.4. The topological polar surface area (TPSA) is 74.7 Å². The van der Waals surface area contributed by atoms with Crippen LogP contribution in [0, 0.1) is 0 Å². The molecule has 9 heteroatoms. The Kier molecular flexibility index (Phi) is 4.67. The highest BCUT2D eigenvalue weighted by Gasteiger charge is 2.40. The van der Waals surface area contributed by atoms with E-state index < -0.39 is 12.3 Å². The summed E-state index contributed by atoms with van der Waals surface area (Å²) in [5, 5.41) is 0.517. The van der Waals surface area contributed by atoms with Gasteiger partial charge < -0.3 is 14.5 Å². The van der Waals surface area contributed by atoms with E-state index >= 15 is 0 Å². The number of halogens is 1. The first-order chi connectivity index (χ1) is 13.0. The van der Waals surface area contributed by atoms with E-state index in [1.807, 2.05) is 7.05 Å². The molecule has 0 radical (unpaired) electrons. The first-order valence-electron chi connectivity index (χ1n) is 8.59. The quantitative estimate of drug-likeness (QED) is 0.784. The zero-order valence-corrected chi connectivity index (χ0v) is 15.6. The Morgan fingerprint density at radius 1 is 1.19 bits per heavy atom. The van der Waals surface area contributed by atoms with Crippen LogP contribution in [0.2, 0.25) is 5.02 Å². The summed E-state index contributed by atoms with van der Waals surface area (Å²) in [7, 11) is 2.03. The van der Waals surface area contributed by atoms with Crippen molar-refractivity contribution in [3.05, 3.63) is 53.7 Å². The number of piperazine rings is 1. The molecule has 8 nitrogen and oxygen atoms in total. The molecule has 1 saturated heterocycles. The lowest BCUT2D eigenvalue weighted by Gasteiger charge is -2.33. The fraction of sp³-hybridized carbons (Fsp3) is 0.333. The molecule has 1 fully saturated rings. The molecule has 1 atom stereocenters. The molecule has 0 bridgehead atoms. The Hall–Kier alpha value is -2.71. The summed E-state index contributed by atoms with van der Waals surface area (Å²) in [5.41, 5.74) is 1.70. The molecule has 0 aromatic carbocycles. The molecule has 1 unspecified atom stereocenters. The van der Waals surface area contributed by atoms with Gasteiger partial charge in [0.05, 0.1) is 10.7 Å². The Balaban J connectivity index is 1.63. The molecule has 4 rings (SSSR count). The molecule has 1 amide bonds. The summed E-state index contributed by atoms with van der Waals surface area (Å²) in [6, 6.07) is 3.47. The third-order valence-electron chi connectivity index (χ3n) is 4.69. The molecule has 140 valence electrons. The minimum atomic E-state index is -0.776. The molecule has 4 heterocycles. The fourth-order valence-electron chi connectivity index (χ4n) is 3.17. The van der Waals surface area contributed by atoms with Gasteiger partial charge in [0.2, 0.25) is 6.23 Å². The van der Waals surface area contributed by atoms with E-state index in [-0.39, 0.29) is 0 Å². The molecule has 2 aliphatic rings. The number of pyridine rings is 1. The largest absolute Gasteiger partial charge is 0.419 e. The van der Waals surface area contributed by atoms with Crippen LogP contribution < -0.4 is 4.90 Å². The molecule has 27 heavy (non-hydrogen) atoms. The monoisotopic (exact) mass is 386 g/mol. The zero-order chi connectivity index (χ0) is 19.0. The van der Waals surface area contributed by atoms with Crippen LogP contribution in [0.4, 0.5) is 10.6 Å². The summed E-state index contributed by atoms with van der Waals surface area (Å²) in [6.45, 7) is 6.96. The van der Waals surface area contributed by atoms with E-state index in [2.05, 4.69) is 26.4 Å². The van der Waals surface area contributed by atoms with Crippen molar-refractivity contribution in [3.8, 4) is 0 Å². The van der Waals surface area contributed by atoms with E-state index in [1.54, 1.807) is 34.3 Å². The van der Waals surface area contributed by atoms with Crippen LogP contribution in [-0.2, 0) is 4.74 Å². The summed E-state index contributed by atoms with van der Waals surface area (Å²) in [5.74, 6) is 0.556. The highest BCUT2D eigenvalue weighted by Crippen LogP contribution is 2.41. The van der Waals surface area contributed by atoms with E-state index in [4.69, 9.17) is 16.3 Å². The van der Waals surface area contributed by atoms with Gasteiger partial charge in [-0.15, -0.1) is 0 Å². The van der Waals surface area contributed by atoms with Gasteiger partial charge in [-0.25, -0.2) is 9.78 Å². The Morgan fingerprint density at radius 2 is 1.93 bits per heavy atom. The number of anilines is 1. The average Bonchev–Trinajstić information content (AvgIpc) is 2.95. The maximum Gasteiger partial charge on any atom is 0.412 e. The molecule has 2 aromatic rings. The van der Waals surface area contributed by atoms with Crippen LogP contribution >= 0.6 is 11.6 Å². The lowest BCUT2D eigenvalue weighted by atomic mass is 10.3. The van der Waals surface area contributed by atoms with Crippen LogP contribution in [0.15, 0.2) is 37.3 Å². The predicted octanol–water partition coefficient (Wildman–Crippen LogP) is 2.40. The predicted molar refractivity (Wildman–Crippen MR) is 101 cm³/mol. The number of nitrogens with zero attached hydrogens (tertiary/aromatic N) is 6. The van der Waals surface area contributed by atoms with Gasteiger partial charge in [-0.1, -0.05) is 18.2 Å². The molecule has 0 N–H and O–H groups in total. The Morgan fingerprint density at radius 3 is 2.63 bits per heavy atom. The van der Waals surface area contributed by atoms with Crippen LogP contribution in [0.25, 0.3) is 5.70 Å². The number of amides is 1. The molecular weight excluding hydrogens is 368 g/mol.